The van der Waals surface area contributed by atoms with Crippen molar-refractivity contribution in [2.45, 2.75) is 24.6 Å². The third kappa shape index (κ3) is 1.76. The van der Waals surface area contributed by atoms with Gasteiger partial charge in [0.15, 0.2) is 0 Å². The minimum absolute atomic E-state index is 0.0239. The number of likely N-dealkylation sites (tertiary alicyclic amines) is 1. The van der Waals surface area contributed by atoms with E-state index in [0.29, 0.717) is 12.8 Å². The lowest BCUT2D eigenvalue weighted by atomic mass is 10.0. The Balaban J connectivity index is 2.00. The fourth-order valence-corrected chi connectivity index (χ4v) is 3.80. The van der Waals surface area contributed by atoms with Gasteiger partial charge in [0, 0.05) is 12.8 Å². The summed E-state index contributed by atoms with van der Waals surface area (Å²) < 4.78 is 0. The number of rotatable bonds is 1. The molecule has 0 aliphatic carbocycles. The third-order valence-corrected chi connectivity index (χ3v) is 4.51. The lowest BCUT2D eigenvalue weighted by Gasteiger charge is -2.31. The van der Waals surface area contributed by atoms with Crippen LogP contribution in [-0.4, -0.2) is 22.5 Å². The Morgan fingerprint density at radius 3 is 2.53 bits per heavy atom. The molecule has 1 aromatic rings. The van der Waals surface area contributed by atoms with E-state index >= 15 is 0 Å². The van der Waals surface area contributed by atoms with E-state index < -0.39 is 0 Å². The van der Waals surface area contributed by atoms with Crippen molar-refractivity contribution in [1.29, 1.82) is 0 Å². The zero-order chi connectivity index (χ0) is 11.8. The van der Waals surface area contributed by atoms with Gasteiger partial charge in [-0.05, 0) is 23.3 Å². The summed E-state index contributed by atoms with van der Waals surface area (Å²) in [4.78, 5) is 25.0. The monoisotopic (exact) mass is 247 g/mol. The van der Waals surface area contributed by atoms with Crippen molar-refractivity contribution in [2.75, 3.05) is 5.75 Å². The first kappa shape index (κ1) is 10.8. The molecule has 1 atom stereocenters. The molecule has 0 saturated carbocycles. The highest BCUT2D eigenvalue weighted by Crippen LogP contribution is 2.41. The summed E-state index contributed by atoms with van der Waals surface area (Å²) in [6.07, 6.45) is 1.77. The van der Waals surface area contributed by atoms with Crippen molar-refractivity contribution < 1.29 is 9.59 Å². The molecule has 0 N–H and O–H groups in total. The SMILES string of the molecule is O=C1CCC(=O)N1C1SCCc2ccccc21. The van der Waals surface area contributed by atoms with E-state index in [1.165, 1.54) is 10.5 Å². The summed E-state index contributed by atoms with van der Waals surface area (Å²) in [5.74, 6) is 0.923. The topological polar surface area (TPSA) is 37.4 Å². The van der Waals surface area contributed by atoms with Gasteiger partial charge in [-0.15, -0.1) is 11.8 Å². The Kier molecular flexibility index (Phi) is 2.67. The molecule has 2 aliphatic heterocycles. The molecule has 2 heterocycles. The molecule has 1 unspecified atom stereocenters. The molecular weight excluding hydrogens is 234 g/mol. The van der Waals surface area contributed by atoms with Gasteiger partial charge in [0.1, 0.15) is 5.37 Å². The van der Waals surface area contributed by atoms with Gasteiger partial charge in [-0.25, -0.2) is 0 Å². The summed E-state index contributed by atoms with van der Waals surface area (Å²) in [7, 11) is 0. The molecule has 2 aliphatic rings. The van der Waals surface area contributed by atoms with Crippen molar-refractivity contribution in [3.63, 3.8) is 0 Å². The molecule has 1 fully saturated rings. The highest BCUT2D eigenvalue weighted by molar-refractivity contribution is 7.99. The molecule has 0 bridgehead atoms. The highest BCUT2D eigenvalue weighted by Gasteiger charge is 2.37. The van der Waals surface area contributed by atoms with Gasteiger partial charge in [-0.1, -0.05) is 24.3 Å². The first-order valence-corrected chi connectivity index (χ1v) is 6.86. The third-order valence-electron chi connectivity index (χ3n) is 3.29. The van der Waals surface area contributed by atoms with Crippen LogP contribution in [0.2, 0.25) is 0 Å². The van der Waals surface area contributed by atoms with Crippen LogP contribution in [0.3, 0.4) is 0 Å². The number of hydrogen-bond acceptors (Lipinski definition) is 3. The predicted octanol–water partition coefficient (Wildman–Crippen LogP) is 2.12. The van der Waals surface area contributed by atoms with E-state index in [9.17, 15) is 9.59 Å². The number of aryl methyl sites for hydroxylation is 1. The maximum atomic E-state index is 11.8. The van der Waals surface area contributed by atoms with Crippen LogP contribution in [0.4, 0.5) is 0 Å². The maximum Gasteiger partial charge on any atom is 0.230 e. The number of amides is 2. The fraction of sp³-hybridized carbons (Fsp3) is 0.385. The lowest BCUT2D eigenvalue weighted by molar-refractivity contribution is -0.139. The minimum Gasteiger partial charge on any atom is -0.274 e. The minimum atomic E-state index is -0.0950. The number of benzene rings is 1. The Morgan fingerprint density at radius 2 is 1.76 bits per heavy atom. The van der Waals surface area contributed by atoms with Gasteiger partial charge in [0.05, 0.1) is 0 Å². The van der Waals surface area contributed by atoms with E-state index in [1.54, 1.807) is 11.8 Å². The fourth-order valence-electron chi connectivity index (χ4n) is 2.44. The van der Waals surface area contributed by atoms with Crippen molar-refractivity contribution in [3.8, 4) is 0 Å². The average Bonchev–Trinajstić information content (AvgIpc) is 2.69. The van der Waals surface area contributed by atoms with Crippen LogP contribution in [0.25, 0.3) is 0 Å². The molecule has 17 heavy (non-hydrogen) atoms. The van der Waals surface area contributed by atoms with Crippen LogP contribution in [0.15, 0.2) is 24.3 Å². The molecular formula is C13H13NO2S. The zero-order valence-electron chi connectivity index (χ0n) is 9.39. The molecule has 3 nitrogen and oxygen atoms in total. The maximum absolute atomic E-state index is 11.8. The first-order chi connectivity index (χ1) is 8.27. The van der Waals surface area contributed by atoms with Gasteiger partial charge in [-0.3, -0.25) is 14.5 Å². The van der Waals surface area contributed by atoms with Gasteiger partial charge in [-0.2, -0.15) is 0 Å². The van der Waals surface area contributed by atoms with Crippen molar-refractivity contribution >= 4 is 23.6 Å². The van der Waals surface area contributed by atoms with Gasteiger partial charge < -0.3 is 0 Å². The number of thioether (sulfide) groups is 1. The van der Waals surface area contributed by atoms with Crippen LogP contribution < -0.4 is 0 Å². The summed E-state index contributed by atoms with van der Waals surface area (Å²) in [5, 5.41) is -0.0950. The van der Waals surface area contributed by atoms with Crippen LogP contribution in [-0.2, 0) is 16.0 Å². The van der Waals surface area contributed by atoms with Crippen LogP contribution in [0.5, 0.6) is 0 Å². The van der Waals surface area contributed by atoms with Gasteiger partial charge in [0.2, 0.25) is 11.8 Å². The molecule has 1 saturated heterocycles. The van der Waals surface area contributed by atoms with Crippen LogP contribution in [0, 0.1) is 0 Å². The van der Waals surface area contributed by atoms with E-state index in [4.69, 9.17) is 0 Å². The lowest BCUT2D eigenvalue weighted by Crippen LogP contribution is -2.34. The number of hydrogen-bond donors (Lipinski definition) is 0. The Hall–Kier alpha value is -1.29. The highest BCUT2D eigenvalue weighted by atomic mass is 32.2. The number of imide groups is 1. The van der Waals surface area contributed by atoms with Crippen molar-refractivity contribution in [2.24, 2.45) is 0 Å². The van der Waals surface area contributed by atoms with E-state index in [1.807, 2.05) is 18.2 Å². The second kappa shape index (κ2) is 4.18. The number of carbonyl (C=O) groups is 2. The number of fused-ring (bicyclic) bond motifs is 1. The van der Waals surface area contributed by atoms with E-state index in [-0.39, 0.29) is 17.2 Å². The Labute approximate surface area is 104 Å². The Morgan fingerprint density at radius 1 is 1.06 bits per heavy atom. The second-order valence-corrected chi connectivity index (χ2v) is 5.52. The van der Waals surface area contributed by atoms with Crippen molar-refractivity contribution in [1.82, 2.24) is 4.90 Å². The largest absolute Gasteiger partial charge is 0.274 e. The molecule has 88 valence electrons. The normalized spacial score (nSPS) is 24.0. The molecule has 2 amide bonds. The number of carbonyl (C=O) groups excluding carboxylic acids is 2. The molecule has 3 rings (SSSR count). The quantitative estimate of drug-likeness (QED) is 0.713. The molecule has 0 aromatic heterocycles. The van der Waals surface area contributed by atoms with Gasteiger partial charge in [0.25, 0.3) is 0 Å². The van der Waals surface area contributed by atoms with Gasteiger partial charge >= 0.3 is 0 Å². The zero-order valence-corrected chi connectivity index (χ0v) is 10.2. The molecule has 0 spiro atoms. The van der Waals surface area contributed by atoms with Crippen LogP contribution >= 0.6 is 11.8 Å². The second-order valence-electron chi connectivity index (χ2n) is 4.33. The first-order valence-electron chi connectivity index (χ1n) is 5.81. The summed E-state index contributed by atoms with van der Waals surface area (Å²) >= 11 is 1.69. The average molecular weight is 247 g/mol. The molecule has 4 heteroatoms. The smallest absolute Gasteiger partial charge is 0.230 e. The van der Waals surface area contributed by atoms with E-state index in [2.05, 4.69) is 6.07 Å². The number of nitrogens with zero attached hydrogens (tertiary/aromatic N) is 1. The van der Waals surface area contributed by atoms with Crippen molar-refractivity contribution in [3.05, 3.63) is 35.4 Å². The Bertz CT molecular complexity index is 470. The van der Waals surface area contributed by atoms with Crippen LogP contribution in [0.1, 0.15) is 29.3 Å². The summed E-state index contributed by atoms with van der Waals surface area (Å²) in [6.45, 7) is 0. The molecule has 0 radical (unpaired) electrons. The standard InChI is InChI=1S/C13H13NO2S/c15-11-5-6-12(16)14(11)13-10-4-2-1-3-9(10)7-8-17-13/h1-4,13H,5-8H2. The predicted molar refractivity (Wildman–Crippen MR) is 66.4 cm³/mol. The summed E-state index contributed by atoms with van der Waals surface area (Å²) in [6, 6.07) is 8.11. The van der Waals surface area contributed by atoms with E-state index in [0.717, 1.165) is 17.7 Å². The summed E-state index contributed by atoms with van der Waals surface area (Å²) in [5.41, 5.74) is 2.40. The molecule has 1 aromatic carbocycles.